The summed E-state index contributed by atoms with van der Waals surface area (Å²) < 4.78 is 0. The molecule has 2 rings (SSSR count). The predicted octanol–water partition coefficient (Wildman–Crippen LogP) is 2.74. The van der Waals surface area contributed by atoms with Crippen LogP contribution in [0.25, 0.3) is 0 Å². The summed E-state index contributed by atoms with van der Waals surface area (Å²) in [6.07, 6.45) is 0. The van der Waals surface area contributed by atoms with Gasteiger partial charge in [-0.3, -0.25) is 4.79 Å². The van der Waals surface area contributed by atoms with Crippen molar-refractivity contribution in [3.05, 3.63) is 38.5 Å². The monoisotopic (exact) mass is 209 g/mol. The molecule has 4 heteroatoms. The number of ketones is 1. The first kappa shape index (κ1) is 8.59. The first-order valence-corrected chi connectivity index (χ1v) is 5.53. The average Bonchev–Trinajstić information content (AvgIpc) is 2.72. The van der Waals surface area contributed by atoms with Gasteiger partial charge in [-0.2, -0.15) is 0 Å². The van der Waals surface area contributed by atoms with Crippen molar-refractivity contribution in [3.8, 4) is 0 Å². The maximum atomic E-state index is 11.8. The topological polar surface area (TPSA) is 30.0 Å². The Morgan fingerprint density at radius 2 is 2.31 bits per heavy atom. The van der Waals surface area contributed by atoms with Crippen LogP contribution in [0.15, 0.2) is 23.0 Å². The maximum absolute atomic E-state index is 11.8. The lowest BCUT2D eigenvalue weighted by Crippen LogP contribution is -1.97. The summed E-state index contributed by atoms with van der Waals surface area (Å²) in [5.41, 5.74) is 2.53. The summed E-state index contributed by atoms with van der Waals surface area (Å²) in [7, 11) is 0. The number of carbonyl (C=O) groups is 1. The summed E-state index contributed by atoms with van der Waals surface area (Å²) in [4.78, 5) is 17.4. The summed E-state index contributed by atoms with van der Waals surface area (Å²) in [6.45, 7) is 1.86. The highest BCUT2D eigenvalue weighted by atomic mass is 32.1. The van der Waals surface area contributed by atoms with Gasteiger partial charge in [0.05, 0.1) is 21.0 Å². The second-order valence-electron chi connectivity index (χ2n) is 2.57. The summed E-state index contributed by atoms with van der Waals surface area (Å²) in [6, 6.07) is 3.72. The van der Waals surface area contributed by atoms with Crippen molar-refractivity contribution in [3.63, 3.8) is 0 Å². The molecule has 0 radical (unpaired) electrons. The van der Waals surface area contributed by atoms with Gasteiger partial charge in [-0.25, -0.2) is 4.98 Å². The molecule has 0 aliphatic rings. The van der Waals surface area contributed by atoms with Crippen molar-refractivity contribution in [1.82, 2.24) is 4.98 Å². The van der Waals surface area contributed by atoms with Crippen molar-refractivity contribution >= 4 is 28.5 Å². The second-order valence-corrected chi connectivity index (χ2v) is 4.38. The minimum Gasteiger partial charge on any atom is -0.287 e. The van der Waals surface area contributed by atoms with Crippen molar-refractivity contribution in [2.45, 2.75) is 6.92 Å². The van der Waals surface area contributed by atoms with E-state index in [0.717, 1.165) is 15.4 Å². The van der Waals surface area contributed by atoms with E-state index in [2.05, 4.69) is 4.98 Å². The van der Waals surface area contributed by atoms with Gasteiger partial charge in [0.25, 0.3) is 0 Å². The highest BCUT2D eigenvalue weighted by Gasteiger charge is 2.14. The molecule has 0 atom stereocenters. The zero-order chi connectivity index (χ0) is 9.26. The molecular weight excluding hydrogens is 202 g/mol. The van der Waals surface area contributed by atoms with Crippen molar-refractivity contribution < 1.29 is 4.79 Å². The van der Waals surface area contributed by atoms with Crippen LogP contribution in [-0.2, 0) is 0 Å². The Morgan fingerprint density at radius 3 is 2.85 bits per heavy atom. The van der Waals surface area contributed by atoms with E-state index in [1.807, 2.05) is 24.4 Å². The molecule has 13 heavy (non-hydrogen) atoms. The van der Waals surface area contributed by atoms with Crippen LogP contribution in [-0.4, -0.2) is 10.8 Å². The summed E-state index contributed by atoms with van der Waals surface area (Å²) in [5.74, 6) is 0.0926. The van der Waals surface area contributed by atoms with E-state index in [0.29, 0.717) is 0 Å². The van der Waals surface area contributed by atoms with E-state index in [1.165, 1.54) is 22.7 Å². The Hall–Kier alpha value is -1.000. The fourth-order valence-electron chi connectivity index (χ4n) is 1.04. The number of carbonyl (C=O) groups excluding carboxylic acids is 1. The van der Waals surface area contributed by atoms with E-state index < -0.39 is 0 Å². The molecule has 0 fully saturated rings. The first-order chi connectivity index (χ1) is 6.29. The molecule has 0 unspecified atom stereocenters. The van der Waals surface area contributed by atoms with Crippen molar-refractivity contribution in [2.75, 3.05) is 0 Å². The number of aromatic nitrogens is 1. The fraction of sp³-hybridized carbons (Fsp3) is 0.111. The molecule has 2 aromatic rings. The summed E-state index contributed by atoms with van der Waals surface area (Å²) >= 11 is 2.87. The molecule has 0 bridgehead atoms. The molecule has 2 aromatic heterocycles. The van der Waals surface area contributed by atoms with Crippen LogP contribution in [0.3, 0.4) is 0 Å². The van der Waals surface area contributed by atoms with Crippen LogP contribution in [0.1, 0.15) is 20.2 Å². The molecule has 66 valence electrons. The van der Waals surface area contributed by atoms with Crippen LogP contribution in [0.5, 0.6) is 0 Å². The maximum Gasteiger partial charge on any atom is 0.214 e. The van der Waals surface area contributed by atoms with Crippen molar-refractivity contribution in [2.24, 2.45) is 0 Å². The second kappa shape index (κ2) is 3.40. The third kappa shape index (κ3) is 1.55. The Labute approximate surface area is 83.9 Å². The van der Waals surface area contributed by atoms with Gasteiger partial charge in [0, 0.05) is 0 Å². The minimum absolute atomic E-state index is 0.0926. The fourth-order valence-corrected chi connectivity index (χ4v) is 2.53. The largest absolute Gasteiger partial charge is 0.287 e. The van der Waals surface area contributed by atoms with Crippen LogP contribution in [0.2, 0.25) is 0 Å². The lowest BCUT2D eigenvalue weighted by Gasteiger charge is -1.92. The summed E-state index contributed by atoms with van der Waals surface area (Å²) in [5, 5.41) is 1.91. The van der Waals surface area contributed by atoms with Crippen LogP contribution < -0.4 is 0 Å². The minimum atomic E-state index is 0.0926. The molecule has 0 aliphatic heterocycles. The molecule has 0 spiro atoms. The molecule has 2 nitrogen and oxygen atoms in total. The van der Waals surface area contributed by atoms with Gasteiger partial charge in [-0.05, 0) is 18.4 Å². The molecular formula is C9H7NOS2. The molecule has 0 amide bonds. The molecule has 0 N–H and O–H groups in total. The Balaban J connectivity index is 2.39. The number of rotatable bonds is 2. The Kier molecular flexibility index (Phi) is 2.24. The molecule has 0 aromatic carbocycles. The third-order valence-corrected chi connectivity index (χ3v) is 3.49. The Morgan fingerprint density at radius 1 is 1.46 bits per heavy atom. The van der Waals surface area contributed by atoms with E-state index >= 15 is 0 Å². The van der Waals surface area contributed by atoms with Crippen LogP contribution >= 0.6 is 22.7 Å². The van der Waals surface area contributed by atoms with E-state index in [9.17, 15) is 4.79 Å². The van der Waals surface area contributed by atoms with Crippen LogP contribution in [0.4, 0.5) is 0 Å². The van der Waals surface area contributed by atoms with Crippen LogP contribution in [0, 0.1) is 6.92 Å². The number of thiophene rings is 1. The Bertz CT molecular complexity index is 417. The highest BCUT2D eigenvalue weighted by molar-refractivity contribution is 7.15. The molecule has 0 aliphatic carbocycles. The predicted molar refractivity (Wildman–Crippen MR) is 54.6 cm³/mol. The first-order valence-electron chi connectivity index (χ1n) is 3.77. The number of hydrogen-bond donors (Lipinski definition) is 0. The van der Waals surface area contributed by atoms with Crippen molar-refractivity contribution in [1.29, 1.82) is 0 Å². The van der Waals surface area contributed by atoms with Gasteiger partial charge in [0.2, 0.25) is 5.78 Å². The quantitative estimate of drug-likeness (QED) is 0.712. The van der Waals surface area contributed by atoms with Gasteiger partial charge in [0.1, 0.15) is 0 Å². The third-order valence-electron chi connectivity index (χ3n) is 1.70. The lowest BCUT2D eigenvalue weighted by molar-refractivity contribution is 0.104. The van der Waals surface area contributed by atoms with E-state index in [1.54, 1.807) is 5.51 Å². The highest BCUT2D eigenvalue weighted by Crippen LogP contribution is 2.20. The molecule has 0 saturated heterocycles. The number of thiazole rings is 1. The van der Waals surface area contributed by atoms with Gasteiger partial charge in [-0.1, -0.05) is 6.07 Å². The zero-order valence-corrected chi connectivity index (χ0v) is 8.61. The SMILES string of the molecule is Cc1ncsc1C(=O)c1cccs1. The zero-order valence-electron chi connectivity index (χ0n) is 6.98. The van der Waals surface area contributed by atoms with Gasteiger partial charge < -0.3 is 0 Å². The number of aryl methyl sites for hydroxylation is 1. The average molecular weight is 209 g/mol. The van der Waals surface area contributed by atoms with Gasteiger partial charge in [0.15, 0.2) is 0 Å². The van der Waals surface area contributed by atoms with Gasteiger partial charge in [-0.15, -0.1) is 22.7 Å². The van der Waals surface area contributed by atoms with E-state index in [4.69, 9.17) is 0 Å². The number of hydrogen-bond acceptors (Lipinski definition) is 4. The van der Waals surface area contributed by atoms with E-state index in [-0.39, 0.29) is 5.78 Å². The molecule has 0 saturated carbocycles. The smallest absolute Gasteiger partial charge is 0.214 e. The standard InChI is InChI=1S/C9H7NOS2/c1-6-9(13-5-10-6)8(11)7-3-2-4-12-7/h2-5H,1H3. The molecule has 2 heterocycles. The lowest BCUT2D eigenvalue weighted by atomic mass is 10.2. The van der Waals surface area contributed by atoms with Gasteiger partial charge >= 0.3 is 0 Å². The normalized spacial score (nSPS) is 10.2. The number of nitrogens with zero attached hydrogens (tertiary/aromatic N) is 1.